The number of anilines is 2. The average molecular weight is 473 g/mol. The van der Waals surface area contributed by atoms with E-state index >= 15 is 0 Å². The zero-order valence-corrected chi connectivity index (χ0v) is 19.7. The van der Waals surface area contributed by atoms with Gasteiger partial charge in [-0.15, -0.1) is 11.3 Å². The molecule has 1 heterocycles. The molecule has 0 aliphatic rings. The molecule has 0 atom stereocenters. The van der Waals surface area contributed by atoms with Gasteiger partial charge < -0.3 is 9.47 Å². The summed E-state index contributed by atoms with van der Waals surface area (Å²) in [6.45, 7) is 1.48. The molecule has 0 aliphatic heterocycles. The predicted octanol–water partition coefficient (Wildman–Crippen LogP) is 5.78. The summed E-state index contributed by atoms with van der Waals surface area (Å²) in [7, 11) is 1.56. The van der Waals surface area contributed by atoms with Crippen LogP contribution < -0.4 is 9.64 Å². The fraction of sp³-hybridized carbons (Fsp3) is 0.148. The number of ether oxygens (including phenoxy) is 2. The number of thiazole rings is 1. The highest BCUT2D eigenvalue weighted by molar-refractivity contribution is 7.14. The van der Waals surface area contributed by atoms with Crippen molar-refractivity contribution in [2.45, 2.75) is 20.0 Å². The lowest BCUT2D eigenvalue weighted by molar-refractivity contribution is -0.115. The van der Waals surface area contributed by atoms with E-state index in [0.29, 0.717) is 34.2 Å². The van der Waals surface area contributed by atoms with Crippen molar-refractivity contribution in [3.8, 4) is 5.75 Å². The average Bonchev–Trinajstić information content (AvgIpc) is 3.32. The summed E-state index contributed by atoms with van der Waals surface area (Å²) in [6.07, 6.45) is 0.638. The fourth-order valence-corrected chi connectivity index (χ4v) is 4.46. The molecule has 34 heavy (non-hydrogen) atoms. The highest BCUT2D eigenvalue weighted by atomic mass is 32.1. The zero-order valence-electron chi connectivity index (χ0n) is 18.9. The van der Waals surface area contributed by atoms with Gasteiger partial charge in [-0.2, -0.15) is 0 Å². The number of methoxy groups -OCH3 is 1. The summed E-state index contributed by atoms with van der Waals surface area (Å²) >= 11 is 1.30. The maximum atomic E-state index is 12.9. The molecular weight excluding hydrogens is 448 g/mol. The molecule has 6 nitrogen and oxygen atoms in total. The van der Waals surface area contributed by atoms with Crippen LogP contribution >= 0.6 is 11.3 Å². The third kappa shape index (κ3) is 5.32. The second-order valence-electron chi connectivity index (χ2n) is 7.54. The van der Waals surface area contributed by atoms with Crippen LogP contribution in [0.3, 0.4) is 0 Å². The molecule has 0 bridgehead atoms. The highest BCUT2D eigenvalue weighted by Gasteiger charge is 2.22. The Morgan fingerprint density at radius 2 is 1.65 bits per heavy atom. The Hall–Kier alpha value is -3.97. The van der Waals surface area contributed by atoms with Gasteiger partial charge in [0.05, 0.1) is 24.1 Å². The number of aromatic nitrogens is 1. The minimum Gasteiger partial charge on any atom is -0.495 e. The molecule has 7 heteroatoms. The molecule has 0 radical (unpaired) electrons. The normalized spacial score (nSPS) is 10.5. The lowest BCUT2D eigenvalue weighted by Crippen LogP contribution is -2.23. The topological polar surface area (TPSA) is 68.7 Å². The number of esters is 1. The second-order valence-corrected chi connectivity index (χ2v) is 8.38. The summed E-state index contributed by atoms with van der Waals surface area (Å²) in [5.74, 6) is -0.0395. The van der Waals surface area contributed by atoms with Crippen LogP contribution in [0.1, 0.15) is 34.1 Å². The lowest BCUT2D eigenvalue weighted by Gasteiger charge is -2.20. The van der Waals surface area contributed by atoms with Gasteiger partial charge in [-0.05, 0) is 35.7 Å². The monoisotopic (exact) mass is 472 g/mol. The minimum atomic E-state index is -0.408. The molecule has 0 aliphatic carbocycles. The molecular formula is C27H24N2O4S. The first-order chi connectivity index (χ1) is 16.6. The van der Waals surface area contributed by atoms with Crippen LogP contribution in [-0.4, -0.2) is 24.0 Å². The maximum absolute atomic E-state index is 12.9. The fourth-order valence-electron chi connectivity index (χ4n) is 3.59. The van der Waals surface area contributed by atoms with Crippen molar-refractivity contribution >= 4 is 34.0 Å². The Balaban J connectivity index is 1.48. The zero-order chi connectivity index (χ0) is 23.9. The molecule has 1 aromatic heterocycles. The third-order valence-electron chi connectivity index (χ3n) is 5.20. The van der Waals surface area contributed by atoms with Gasteiger partial charge in [0.2, 0.25) is 5.91 Å². The number of carbonyl (C=O) groups excluding carboxylic acids is 2. The van der Waals surface area contributed by atoms with Gasteiger partial charge in [-0.3, -0.25) is 9.69 Å². The van der Waals surface area contributed by atoms with Crippen LogP contribution in [0.15, 0.2) is 84.2 Å². The molecule has 0 fully saturated rings. The number of para-hydroxylation sites is 2. The van der Waals surface area contributed by atoms with E-state index in [0.717, 1.165) is 11.1 Å². The van der Waals surface area contributed by atoms with E-state index in [1.54, 1.807) is 30.7 Å². The number of carbonyl (C=O) groups is 2. The number of nitrogens with zero attached hydrogens (tertiary/aromatic N) is 2. The van der Waals surface area contributed by atoms with E-state index in [1.807, 2.05) is 60.7 Å². The Bertz CT molecular complexity index is 1290. The summed E-state index contributed by atoms with van der Waals surface area (Å²) < 4.78 is 11.0. The SMILES string of the molecule is COc1ccccc1N(C(C)=O)c1nc(COC(=O)c2ccccc2Cc2ccccc2)cs1. The molecule has 3 aromatic carbocycles. The Morgan fingerprint density at radius 3 is 2.41 bits per heavy atom. The quantitative estimate of drug-likeness (QED) is 0.304. The smallest absolute Gasteiger partial charge is 0.338 e. The van der Waals surface area contributed by atoms with Crippen molar-refractivity contribution in [1.82, 2.24) is 4.98 Å². The molecule has 0 N–H and O–H groups in total. The van der Waals surface area contributed by atoms with Crippen molar-refractivity contribution < 1.29 is 19.1 Å². The number of hydrogen-bond acceptors (Lipinski definition) is 6. The summed E-state index contributed by atoms with van der Waals surface area (Å²) in [4.78, 5) is 31.3. The van der Waals surface area contributed by atoms with Crippen LogP contribution in [0.2, 0.25) is 0 Å². The van der Waals surface area contributed by atoms with E-state index in [2.05, 4.69) is 4.98 Å². The van der Waals surface area contributed by atoms with Gasteiger partial charge in [-0.25, -0.2) is 9.78 Å². The van der Waals surface area contributed by atoms with Crippen molar-refractivity contribution in [3.05, 3.63) is 107 Å². The van der Waals surface area contributed by atoms with Crippen molar-refractivity contribution in [1.29, 1.82) is 0 Å². The van der Waals surface area contributed by atoms with Gasteiger partial charge in [0, 0.05) is 12.3 Å². The lowest BCUT2D eigenvalue weighted by atomic mass is 10.00. The molecule has 4 rings (SSSR count). The largest absolute Gasteiger partial charge is 0.495 e. The number of hydrogen-bond donors (Lipinski definition) is 0. The standard InChI is InChI=1S/C27H24N2O4S/c1-19(30)29(24-14-8-9-15-25(24)32-2)27-28-22(18-34-27)17-33-26(31)23-13-7-6-12-21(23)16-20-10-4-3-5-11-20/h3-15,18H,16-17H2,1-2H3. The summed E-state index contributed by atoms with van der Waals surface area (Å²) in [5.41, 5.74) is 3.71. The first-order valence-corrected chi connectivity index (χ1v) is 11.6. The van der Waals surface area contributed by atoms with Crippen molar-refractivity contribution in [2.24, 2.45) is 0 Å². The van der Waals surface area contributed by atoms with E-state index in [4.69, 9.17) is 9.47 Å². The van der Waals surface area contributed by atoms with E-state index in [-0.39, 0.29) is 12.5 Å². The van der Waals surface area contributed by atoms with E-state index in [1.165, 1.54) is 23.2 Å². The first-order valence-electron chi connectivity index (χ1n) is 10.7. The molecule has 172 valence electrons. The summed E-state index contributed by atoms with van der Waals surface area (Å²) in [5, 5.41) is 2.26. The molecule has 0 saturated carbocycles. The van der Waals surface area contributed by atoms with Crippen LogP contribution in [0.25, 0.3) is 0 Å². The third-order valence-corrected chi connectivity index (χ3v) is 6.07. The van der Waals surface area contributed by atoms with Gasteiger partial charge in [0.15, 0.2) is 5.13 Å². The maximum Gasteiger partial charge on any atom is 0.338 e. The number of benzene rings is 3. The van der Waals surface area contributed by atoms with Crippen LogP contribution in [0.5, 0.6) is 5.75 Å². The molecule has 0 saturated heterocycles. The van der Waals surface area contributed by atoms with Crippen molar-refractivity contribution in [2.75, 3.05) is 12.0 Å². The van der Waals surface area contributed by atoms with Gasteiger partial charge >= 0.3 is 5.97 Å². The van der Waals surface area contributed by atoms with Gasteiger partial charge in [-0.1, -0.05) is 60.7 Å². The Labute approximate surface area is 202 Å². The minimum absolute atomic E-state index is 0.00662. The highest BCUT2D eigenvalue weighted by Crippen LogP contribution is 2.35. The number of amides is 1. The molecule has 1 amide bonds. The van der Waals surface area contributed by atoms with Crippen LogP contribution in [0, 0.1) is 0 Å². The predicted molar refractivity (Wildman–Crippen MR) is 133 cm³/mol. The van der Waals surface area contributed by atoms with Gasteiger partial charge in [0.1, 0.15) is 12.4 Å². The molecule has 0 spiro atoms. The van der Waals surface area contributed by atoms with Gasteiger partial charge in [0.25, 0.3) is 0 Å². The van der Waals surface area contributed by atoms with Crippen LogP contribution in [-0.2, 0) is 22.6 Å². The Morgan fingerprint density at radius 1 is 0.941 bits per heavy atom. The van der Waals surface area contributed by atoms with Crippen molar-refractivity contribution in [3.63, 3.8) is 0 Å². The summed E-state index contributed by atoms with van der Waals surface area (Å²) in [6, 6.07) is 24.7. The number of rotatable bonds is 8. The molecule has 4 aromatic rings. The van der Waals surface area contributed by atoms with E-state index in [9.17, 15) is 9.59 Å². The van der Waals surface area contributed by atoms with E-state index < -0.39 is 5.97 Å². The molecule has 0 unspecified atom stereocenters. The van der Waals surface area contributed by atoms with Crippen LogP contribution in [0.4, 0.5) is 10.8 Å². The Kier molecular flexibility index (Phi) is 7.34. The first kappa shape index (κ1) is 23.2. The second kappa shape index (κ2) is 10.8.